The summed E-state index contributed by atoms with van der Waals surface area (Å²) in [5, 5.41) is 0. The Morgan fingerprint density at radius 1 is 0.738 bits per heavy atom. The van der Waals surface area contributed by atoms with Gasteiger partial charge in [-0.2, -0.15) is 8.78 Å². The van der Waals surface area contributed by atoms with Crippen molar-refractivity contribution >= 4 is 0 Å². The smallest absolute Gasteiger partial charge is 0.432 e. The number of hydrogen-bond donors (Lipinski definition) is 0. The van der Waals surface area contributed by atoms with Crippen LogP contribution in [0.25, 0.3) is 0 Å². The molecule has 2 heterocycles. The Kier molecular flexibility index (Phi) is 9.22. The molecule has 5 rings (SSSR count). The Labute approximate surface area is 238 Å². The fourth-order valence-electron chi connectivity index (χ4n) is 5.51. The molecule has 1 aliphatic carbocycles. The van der Waals surface area contributed by atoms with Crippen molar-refractivity contribution in [3.05, 3.63) is 59.2 Å². The second-order valence-electron chi connectivity index (χ2n) is 11.0. The Morgan fingerprint density at radius 3 is 2.00 bits per heavy atom. The molecule has 232 valence electrons. The van der Waals surface area contributed by atoms with Crippen molar-refractivity contribution in [1.82, 2.24) is 0 Å². The van der Waals surface area contributed by atoms with Gasteiger partial charge in [0.15, 0.2) is 24.1 Å². The number of halogens is 7. The van der Waals surface area contributed by atoms with Gasteiger partial charge < -0.3 is 28.4 Å². The maximum atomic E-state index is 15.1. The minimum atomic E-state index is -5.13. The van der Waals surface area contributed by atoms with Crippen LogP contribution in [0.2, 0.25) is 0 Å². The van der Waals surface area contributed by atoms with E-state index in [1.165, 1.54) is 6.07 Å². The molecular weight excluding hydrogens is 577 g/mol. The molecule has 13 heteroatoms. The van der Waals surface area contributed by atoms with Gasteiger partial charge in [-0.05, 0) is 55.4 Å². The van der Waals surface area contributed by atoms with Crippen molar-refractivity contribution in [2.75, 3.05) is 26.4 Å². The summed E-state index contributed by atoms with van der Waals surface area (Å²) >= 11 is 0. The normalized spacial score (nSPS) is 29.2. The van der Waals surface area contributed by atoms with Crippen LogP contribution in [0.1, 0.15) is 55.9 Å². The molecule has 0 radical (unpaired) electrons. The Balaban J connectivity index is 1.13. The second-order valence-corrected chi connectivity index (χ2v) is 11.0. The molecule has 0 amide bonds. The zero-order chi connectivity index (χ0) is 30.1. The van der Waals surface area contributed by atoms with Crippen molar-refractivity contribution in [1.29, 1.82) is 0 Å². The largest absolute Gasteiger partial charge is 0.573 e. The number of hydrogen-bond acceptors (Lipinski definition) is 6. The van der Waals surface area contributed by atoms with Gasteiger partial charge in [-0.25, -0.2) is 8.78 Å². The van der Waals surface area contributed by atoms with Crippen LogP contribution in [-0.2, 0) is 18.9 Å². The highest BCUT2D eigenvalue weighted by Gasteiger charge is 2.45. The average Bonchev–Trinajstić information content (AvgIpc) is 2.94. The predicted octanol–water partition coefficient (Wildman–Crippen LogP) is 7.48. The maximum absolute atomic E-state index is 15.1. The van der Waals surface area contributed by atoms with Crippen molar-refractivity contribution < 1.29 is 59.2 Å². The third-order valence-corrected chi connectivity index (χ3v) is 7.72. The van der Waals surface area contributed by atoms with Crippen LogP contribution in [0, 0.1) is 29.4 Å². The van der Waals surface area contributed by atoms with Gasteiger partial charge in [0, 0.05) is 17.5 Å². The monoisotopic (exact) mass is 608 g/mol. The molecule has 0 unspecified atom stereocenters. The Bertz CT molecular complexity index is 1200. The van der Waals surface area contributed by atoms with E-state index in [-0.39, 0.29) is 37.5 Å². The molecule has 0 aromatic heterocycles. The quantitative estimate of drug-likeness (QED) is 0.304. The lowest BCUT2D eigenvalue weighted by atomic mass is 9.78. The molecule has 0 spiro atoms. The molecule has 2 aromatic carbocycles. The molecular formula is C29H31F7O6. The first-order chi connectivity index (χ1) is 19.9. The van der Waals surface area contributed by atoms with E-state index in [0.717, 1.165) is 6.07 Å². The van der Waals surface area contributed by atoms with Crippen molar-refractivity contribution in [2.24, 2.45) is 17.8 Å². The summed E-state index contributed by atoms with van der Waals surface area (Å²) in [5.41, 5.74) is 0.900. The molecule has 1 saturated carbocycles. The van der Waals surface area contributed by atoms with Crippen LogP contribution >= 0.6 is 0 Å². The van der Waals surface area contributed by atoms with E-state index in [0.29, 0.717) is 55.6 Å². The first-order valence-corrected chi connectivity index (χ1v) is 13.8. The summed E-state index contributed by atoms with van der Waals surface area (Å²) in [6.07, 6.45) is -9.51. The minimum Gasteiger partial charge on any atom is -0.432 e. The van der Waals surface area contributed by atoms with E-state index in [1.807, 2.05) is 6.92 Å². The zero-order valence-electron chi connectivity index (χ0n) is 22.7. The summed E-state index contributed by atoms with van der Waals surface area (Å²) < 4.78 is 127. The Hall–Kier alpha value is -2.61. The van der Waals surface area contributed by atoms with E-state index in [2.05, 4.69) is 9.47 Å². The fraction of sp³-hybridized carbons (Fsp3) is 0.586. The van der Waals surface area contributed by atoms with Gasteiger partial charge in [0.2, 0.25) is 0 Å². The molecule has 2 aliphatic heterocycles. The number of rotatable bonds is 7. The van der Waals surface area contributed by atoms with Crippen LogP contribution in [0.3, 0.4) is 0 Å². The zero-order valence-corrected chi connectivity index (χ0v) is 22.7. The molecule has 3 fully saturated rings. The molecule has 42 heavy (non-hydrogen) atoms. The molecule has 2 saturated heterocycles. The standard InChI is InChI=1S/C29H31F7O6/c1-16-12-37-27(38-13-16)19-14-39-26(40-15-19)18-4-8-22(23(30)10-18)17-2-5-20(6-3-17)28(32,33)41-21-7-9-25(24(31)11-21)42-29(34,35)36/h4,7-11,16-17,19-20,26-27H,2-3,5-6,12-15H2,1H3. The third-order valence-electron chi connectivity index (χ3n) is 7.72. The van der Waals surface area contributed by atoms with E-state index in [1.54, 1.807) is 12.1 Å². The van der Waals surface area contributed by atoms with Crippen LogP contribution in [-0.4, -0.2) is 45.2 Å². The summed E-state index contributed by atoms with van der Waals surface area (Å²) in [6.45, 7) is 3.88. The van der Waals surface area contributed by atoms with Crippen LogP contribution in [0.4, 0.5) is 30.7 Å². The van der Waals surface area contributed by atoms with Gasteiger partial charge in [0.25, 0.3) is 0 Å². The molecule has 0 N–H and O–H groups in total. The summed E-state index contributed by atoms with van der Waals surface area (Å²) in [5.74, 6) is -5.10. The first-order valence-electron chi connectivity index (χ1n) is 13.8. The van der Waals surface area contributed by atoms with E-state index >= 15 is 4.39 Å². The lowest BCUT2D eigenvalue weighted by Crippen LogP contribution is -2.42. The van der Waals surface area contributed by atoms with Crippen molar-refractivity contribution in [3.63, 3.8) is 0 Å². The number of benzene rings is 2. The highest BCUT2D eigenvalue weighted by Crippen LogP contribution is 2.44. The Morgan fingerprint density at radius 2 is 1.40 bits per heavy atom. The average molecular weight is 609 g/mol. The van der Waals surface area contributed by atoms with E-state index in [4.69, 9.17) is 18.9 Å². The molecule has 3 aliphatic rings. The predicted molar refractivity (Wildman–Crippen MR) is 133 cm³/mol. The molecule has 0 bridgehead atoms. The topological polar surface area (TPSA) is 55.4 Å². The molecule has 6 nitrogen and oxygen atoms in total. The van der Waals surface area contributed by atoms with Gasteiger partial charge in [0.1, 0.15) is 11.6 Å². The van der Waals surface area contributed by atoms with E-state index in [9.17, 15) is 26.3 Å². The van der Waals surface area contributed by atoms with Gasteiger partial charge in [-0.3, -0.25) is 0 Å². The van der Waals surface area contributed by atoms with Crippen molar-refractivity contribution in [3.8, 4) is 11.5 Å². The van der Waals surface area contributed by atoms with Crippen LogP contribution in [0.5, 0.6) is 11.5 Å². The van der Waals surface area contributed by atoms with Crippen LogP contribution in [0.15, 0.2) is 36.4 Å². The minimum absolute atomic E-state index is 0.00304. The van der Waals surface area contributed by atoms with Crippen molar-refractivity contribution in [2.45, 2.75) is 63.6 Å². The fourth-order valence-corrected chi connectivity index (χ4v) is 5.51. The van der Waals surface area contributed by atoms with Gasteiger partial charge in [-0.1, -0.05) is 19.1 Å². The van der Waals surface area contributed by atoms with Crippen LogP contribution < -0.4 is 9.47 Å². The summed E-state index contributed by atoms with van der Waals surface area (Å²) in [6, 6.07) is 6.40. The maximum Gasteiger partial charge on any atom is 0.573 e. The SMILES string of the molecule is CC1COC(C2COC(c3ccc(C4CCC(C(F)(F)Oc5ccc(OC(F)(F)F)c(F)c5)CC4)c(F)c3)OC2)OC1. The summed E-state index contributed by atoms with van der Waals surface area (Å²) in [4.78, 5) is 0. The highest BCUT2D eigenvalue weighted by molar-refractivity contribution is 5.33. The molecule has 2 aromatic rings. The lowest BCUT2D eigenvalue weighted by Gasteiger charge is -2.37. The van der Waals surface area contributed by atoms with E-state index < -0.39 is 54.1 Å². The van der Waals surface area contributed by atoms with Gasteiger partial charge in [-0.15, -0.1) is 13.2 Å². The first kappa shape index (κ1) is 30.8. The highest BCUT2D eigenvalue weighted by atomic mass is 19.4. The van der Waals surface area contributed by atoms with Gasteiger partial charge in [0.05, 0.1) is 38.3 Å². The van der Waals surface area contributed by atoms with Gasteiger partial charge >= 0.3 is 12.5 Å². The second kappa shape index (κ2) is 12.6. The lowest BCUT2D eigenvalue weighted by molar-refractivity contribution is -0.281. The summed E-state index contributed by atoms with van der Waals surface area (Å²) in [7, 11) is 0. The number of alkyl halides is 5. The third kappa shape index (κ3) is 7.47. The number of ether oxygens (including phenoxy) is 6. The molecule has 0 atom stereocenters.